The van der Waals surface area contributed by atoms with Gasteiger partial charge in [0.25, 0.3) is 5.91 Å². The van der Waals surface area contributed by atoms with E-state index in [1.54, 1.807) is 13.0 Å². The Kier molecular flexibility index (Phi) is 4.36. The average molecular weight is 354 g/mol. The fourth-order valence-corrected chi connectivity index (χ4v) is 2.81. The molecule has 0 radical (unpaired) electrons. The molecular formula is C19H22N4O3. The van der Waals surface area contributed by atoms with Gasteiger partial charge in [-0.15, -0.1) is 0 Å². The number of urea groups is 1. The maximum atomic E-state index is 12.6. The first-order chi connectivity index (χ1) is 12.6. The standard InChI is InChI=1S/C19H22N4O3/c1-12-10-17(22-26-12)21-19(25)23(16-8-9-16)11-13-2-4-14(5-3-13)18(24)20-15-6-7-15/h2-5,10,15-16H,6-9,11H2,1H3,(H,20,24)(H,21,22,25). The van der Waals surface area contributed by atoms with E-state index < -0.39 is 0 Å². The lowest BCUT2D eigenvalue weighted by molar-refractivity contribution is 0.0951. The molecule has 1 aromatic carbocycles. The van der Waals surface area contributed by atoms with Crippen LogP contribution < -0.4 is 10.6 Å². The summed E-state index contributed by atoms with van der Waals surface area (Å²) in [6, 6.07) is 9.55. The van der Waals surface area contributed by atoms with Crippen LogP contribution in [0.3, 0.4) is 0 Å². The van der Waals surface area contributed by atoms with Gasteiger partial charge in [0, 0.05) is 30.3 Å². The predicted molar refractivity (Wildman–Crippen MR) is 95.8 cm³/mol. The second kappa shape index (κ2) is 6.82. The highest BCUT2D eigenvalue weighted by Gasteiger charge is 2.33. The third kappa shape index (κ3) is 4.04. The first-order valence-corrected chi connectivity index (χ1v) is 8.99. The van der Waals surface area contributed by atoms with Gasteiger partial charge in [0.1, 0.15) is 5.76 Å². The van der Waals surface area contributed by atoms with E-state index in [9.17, 15) is 9.59 Å². The Labute approximate surface area is 151 Å². The maximum Gasteiger partial charge on any atom is 0.323 e. The molecule has 0 atom stereocenters. The second-order valence-corrected chi connectivity index (χ2v) is 7.06. The quantitative estimate of drug-likeness (QED) is 0.834. The van der Waals surface area contributed by atoms with E-state index in [-0.39, 0.29) is 18.0 Å². The van der Waals surface area contributed by atoms with Gasteiger partial charge in [0.2, 0.25) is 0 Å². The molecule has 2 aliphatic carbocycles. The Hall–Kier alpha value is -2.83. The zero-order valence-corrected chi connectivity index (χ0v) is 14.7. The van der Waals surface area contributed by atoms with Crippen molar-refractivity contribution in [2.75, 3.05) is 5.32 Å². The molecule has 4 rings (SSSR count). The molecule has 136 valence electrons. The van der Waals surface area contributed by atoms with Crippen molar-refractivity contribution < 1.29 is 14.1 Å². The molecule has 0 spiro atoms. The summed E-state index contributed by atoms with van der Waals surface area (Å²) in [5.74, 6) is 1.04. The van der Waals surface area contributed by atoms with Crippen LogP contribution >= 0.6 is 0 Å². The summed E-state index contributed by atoms with van der Waals surface area (Å²) < 4.78 is 4.99. The highest BCUT2D eigenvalue weighted by atomic mass is 16.5. The van der Waals surface area contributed by atoms with Gasteiger partial charge in [-0.25, -0.2) is 4.79 Å². The number of aryl methyl sites for hydroxylation is 1. The summed E-state index contributed by atoms with van der Waals surface area (Å²) in [5.41, 5.74) is 1.65. The van der Waals surface area contributed by atoms with Gasteiger partial charge in [-0.2, -0.15) is 0 Å². The molecule has 2 N–H and O–H groups in total. The smallest absolute Gasteiger partial charge is 0.323 e. The zero-order chi connectivity index (χ0) is 18.1. The second-order valence-electron chi connectivity index (χ2n) is 7.06. The van der Waals surface area contributed by atoms with Crippen LogP contribution in [0.15, 0.2) is 34.9 Å². The average Bonchev–Trinajstić information content (AvgIpc) is 3.54. The summed E-state index contributed by atoms with van der Waals surface area (Å²) >= 11 is 0. The third-order valence-electron chi connectivity index (χ3n) is 4.59. The van der Waals surface area contributed by atoms with Crippen LogP contribution in [0, 0.1) is 6.92 Å². The molecule has 7 nitrogen and oxygen atoms in total. The predicted octanol–water partition coefficient (Wildman–Crippen LogP) is 3.07. The first kappa shape index (κ1) is 16.6. The molecule has 26 heavy (non-hydrogen) atoms. The van der Waals surface area contributed by atoms with Gasteiger partial charge in [-0.3, -0.25) is 10.1 Å². The molecular weight excluding hydrogens is 332 g/mol. The van der Waals surface area contributed by atoms with Crippen molar-refractivity contribution in [1.29, 1.82) is 0 Å². The van der Waals surface area contributed by atoms with Crippen molar-refractivity contribution in [3.63, 3.8) is 0 Å². The molecule has 7 heteroatoms. The highest BCUT2D eigenvalue weighted by Crippen LogP contribution is 2.29. The maximum absolute atomic E-state index is 12.6. The third-order valence-corrected chi connectivity index (χ3v) is 4.59. The molecule has 1 heterocycles. The van der Waals surface area contributed by atoms with Crippen LogP contribution in [0.4, 0.5) is 10.6 Å². The van der Waals surface area contributed by atoms with E-state index in [1.165, 1.54) is 0 Å². The fraction of sp³-hybridized carbons (Fsp3) is 0.421. The molecule has 0 bridgehead atoms. The number of carbonyl (C=O) groups excluding carboxylic acids is 2. The topological polar surface area (TPSA) is 87.5 Å². The largest absolute Gasteiger partial charge is 0.360 e. The van der Waals surface area contributed by atoms with E-state index in [0.29, 0.717) is 29.7 Å². The summed E-state index contributed by atoms with van der Waals surface area (Å²) in [6.45, 7) is 2.28. The van der Waals surface area contributed by atoms with Crippen LogP contribution in [-0.4, -0.2) is 34.1 Å². The number of carbonyl (C=O) groups is 2. The molecule has 1 aromatic heterocycles. The number of hydrogen-bond donors (Lipinski definition) is 2. The van der Waals surface area contributed by atoms with Crippen molar-refractivity contribution in [1.82, 2.24) is 15.4 Å². The summed E-state index contributed by atoms with van der Waals surface area (Å²) in [5, 5.41) is 9.56. The van der Waals surface area contributed by atoms with E-state index in [1.807, 2.05) is 29.2 Å². The van der Waals surface area contributed by atoms with E-state index in [2.05, 4.69) is 15.8 Å². The lowest BCUT2D eigenvalue weighted by atomic mass is 10.1. The molecule has 2 aromatic rings. The Morgan fingerprint density at radius 1 is 1.19 bits per heavy atom. The molecule has 0 saturated heterocycles. The van der Waals surface area contributed by atoms with Crippen LogP contribution in [0.25, 0.3) is 0 Å². The lowest BCUT2D eigenvalue weighted by Gasteiger charge is -2.22. The summed E-state index contributed by atoms with van der Waals surface area (Å²) in [6.07, 6.45) is 4.15. The Balaban J connectivity index is 1.39. The normalized spacial score (nSPS) is 16.2. The molecule has 0 unspecified atom stereocenters. The number of nitrogens with zero attached hydrogens (tertiary/aromatic N) is 2. The SMILES string of the molecule is Cc1cc(NC(=O)N(Cc2ccc(C(=O)NC3CC3)cc2)C2CC2)no1. The minimum Gasteiger partial charge on any atom is -0.360 e. The summed E-state index contributed by atoms with van der Waals surface area (Å²) in [4.78, 5) is 26.4. The molecule has 0 aliphatic heterocycles. The number of hydrogen-bond acceptors (Lipinski definition) is 4. The first-order valence-electron chi connectivity index (χ1n) is 8.99. The van der Waals surface area contributed by atoms with Crippen LogP contribution in [0.5, 0.6) is 0 Å². The van der Waals surface area contributed by atoms with Crippen LogP contribution in [-0.2, 0) is 6.54 Å². The summed E-state index contributed by atoms with van der Waals surface area (Å²) in [7, 11) is 0. The Morgan fingerprint density at radius 3 is 2.50 bits per heavy atom. The molecule has 2 fully saturated rings. The van der Waals surface area contributed by atoms with Crippen molar-refractivity contribution in [2.24, 2.45) is 0 Å². The highest BCUT2D eigenvalue weighted by molar-refractivity contribution is 5.94. The minimum absolute atomic E-state index is 0.0303. The van der Waals surface area contributed by atoms with Crippen LogP contribution in [0.1, 0.15) is 47.4 Å². The van der Waals surface area contributed by atoms with Crippen molar-refractivity contribution >= 4 is 17.8 Å². The number of amides is 3. The van der Waals surface area contributed by atoms with E-state index in [4.69, 9.17) is 4.52 Å². The lowest BCUT2D eigenvalue weighted by Crippen LogP contribution is -2.36. The van der Waals surface area contributed by atoms with Gasteiger partial charge in [-0.1, -0.05) is 17.3 Å². The van der Waals surface area contributed by atoms with Gasteiger partial charge in [0.05, 0.1) is 0 Å². The van der Waals surface area contributed by atoms with E-state index in [0.717, 1.165) is 31.2 Å². The van der Waals surface area contributed by atoms with Crippen molar-refractivity contribution in [3.8, 4) is 0 Å². The molecule has 2 saturated carbocycles. The monoisotopic (exact) mass is 354 g/mol. The number of benzene rings is 1. The molecule has 3 amide bonds. The van der Waals surface area contributed by atoms with Crippen molar-refractivity contribution in [3.05, 3.63) is 47.2 Å². The van der Waals surface area contributed by atoms with E-state index >= 15 is 0 Å². The number of aromatic nitrogens is 1. The number of rotatable bonds is 6. The fourth-order valence-electron chi connectivity index (χ4n) is 2.81. The minimum atomic E-state index is -0.184. The van der Waals surface area contributed by atoms with Crippen LogP contribution in [0.2, 0.25) is 0 Å². The van der Waals surface area contributed by atoms with Gasteiger partial charge < -0.3 is 14.7 Å². The Morgan fingerprint density at radius 2 is 1.92 bits per heavy atom. The van der Waals surface area contributed by atoms with Crippen molar-refractivity contribution in [2.45, 2.75) is 51.2 Å². The van der Waals surface area contributed by atoms with Gasteiger partial charge >= 0.3 is 6.03 Å². The zero-order valence-electron chi connectivity index (χ0n) is 14.7. The molecule has 2 aliphatic rings. The Bertz CT molecular complexity index is 806. The number of nitrogens with one attached hydrogen (secondary N) is 2. The van der Waals surface area contributed by atoms with Gasteiger partial charge in [-0.05, 0) is 50.3 Å². The van der Waals surface area contributed by atoms with Gasteiger partial charge in [0.15, 0.2) is 5.82 Å². The number of anilines is 1.